The van der Waals surface area contributed by atoms with Gasteiger partial charge >= 0.3 is 0 Å². The number of hydrogen-bond donors (Lipinski definition) is 2. The molecule has 1 fully saturated rings. The van der Waals surface area contributed by atoms with E-state index in [0.717, 1.165) is 31.8 Å². The molecule has 1 aromatic rings. The maximum Gasteiger partial charge on any atom is 0.255 e. The van der Waals surface area contributed by atoms with Gasteiger partial charge < -0.3 is 20.7 Å². The van der Waals surface area contributed by atoms with Crippen molar-refractivity contribution in [3.05, 3.63) is 22.7 Å². The van der Waals surface area contributed by atoms with Gasteiger partial charge in [-0.05, 0) is 56.8 Å². The number of nitrogens with two attached hydrogens (primary N) is 1. The lowest BCUT2D eigenvalue weighted by Gasteiger charge is -2.32. The molecule has 1 saturated heterocycles. The predicted molar refractivity (Wildman–Crippen MR) is 118 cm³/mol. The summed E-state index contributed by atoms with van der Waals surface area (Å²) in [5.41, 5.74) is 6.60. The van der Waals surface area contributed by atoms with Crippen LogP contribution >= 0.6 is 36.4 Å². The number of carbonyl (C=O) groups excluding carboxylic acids is 1. The third-order valence-corrected chi connectivity index (χ3v) is 5.17. The Bertz CT molecular complexity index is 592. The van der Waals surface area contributed by atoms with Crippen LogP contribution < -0.4 is 15.8 Å². The number of nitrogens with zero attached hydrogens (tertiary/aromatic N) is 1. The highest BCUT2D eigenvalue weighted by molar-refractivity contribution is 6.33. The minimum Gasteiger partial charge on any atom is -0.496 e. The lowest BCUT2D eigenvalue weighted by molar-refractivity contribution is 0.0932. The van der Waals surface area contributed by atoms with Gasteiger partial charge in [-0.1, -0.05) is 25.4 Å². The van der Waals surface area contributed by atoms with Crippen molar-refractivity contribution in [1.82, 2.24) is 10.2 Å². The average Bonchev–Trinajstić information content (AvgIpc) is 2.60. The van der Waals surface area contributed by atoms with E-state index in [0.29, 0.717) is 34.5 Å². The Morgan fingerprint density at radius 2 is 1.96 bits per heavy atom. The number of ether oxygens (including phenoxy) is 1. The van der Waals surface area contributed by atoms with Gasteiger partial charge in [0, 0.05) is 12.6 Å². The number of piperidine rings is 1. The molecule has 1 aromatic carbocycles. The van der Waals surface area contributed by atoms with E-state index < -0.39 is 0 Å². The molecule has 156 valence electrons. The SMILES string of the molecule is COc1cc(N)c(Cl)cc1C(=O)NCC1CCN(CCC(C)C)CC1.Cl.Cl. The van der Waals surface area contributed by atoms with Crippen molar-refractivity contribution in [2.24, 2.45) is 11.8 Å². The number of amides is 1. The summed E-state index contributed by atoms with van der Waals surface area (Å²) in [6.45, 7) is 8.62. The summed E-state index contributed by atoms with van der Waals surface area (Å²) in [6.07, 6.45) is 3.50. The summed E-state index contributed by atoms with van der Waals surface area (Å²) < 4.78 is 5.25. The quantitative estimate of drug-likeness (QED) is 0.622. The summed E-state index contributed by atoms with van der Waals surface area (Å²) in [4.78, 5) is 15.0. The van der Waals surface area contributed by atoms with Gasteiger partial charge in [0.15, 0.2) is 0 Å². The van der Waals surface area contributed by atoms with Gasteiger partial charge in [-0.25, -0.2) is 0 Å². The maximum atomic E-state index is 12.5. The molecule has 0 aliphatic carbocycles. The zero-order valence-electron chi connectivity index (χ0n) is 16.3. The summed E-state index contributed by atoms with van der Waals surface area (Å²) >= 11 is 6.04. The molecule has 5 nitrogen and oxygen atoms in total. The van der Waals surface area contributed by atoms with E-state index in [1.807, 2.05) is 0 Å². The summed E-state index contributed by atoms with van der Waals surface area (Å²) in [5.74, 6) is 1.55. The van der Waals surface area contributed by atoms with Crippen LogP contribution in [0.5, 0.6) is 5.75 Å². The standard InChI is InChI=1S/C19H30ClN3O2.2ClH/c1-13(2)4-7-23-8-5-14(6-9-23)12-22-19(24)15-10-16(20)17(21)11-18(15)25-3;;/h10-11,13-14H,4-9,12,21H2,1-3H3,(H,22,24);2*1H. The second kappa shape index (κ2) is 12.6. The lowest BCUT2D eigenvalue weighted by atomic mass is 9.96. The number of hydrogen-bond acceptors (Lipinski definition) is 4. The van der Waals surface area contributed by atoms with Crippen LogP contribution in [-0.2, 0) is 0 Å². The van der Waals surface area contributed by atoms with Crippen molar-refractivity contribution in [2.45, 2.75) is 33.1 Å². The number of anilines is 1. The molecule has 1 aliphatic rings. The van der Waals surface area contributed by atoms with Crippen LogP contribution in [0, 0.1) is 11.8 Å². The topological polar surface area (TPSA) is 67.6 Å². The number of methoxy groups -OCH3 is 1. The molecule has 2 rings (SSSR count). The highest BCUT2D eigenvalue weighted by atomic mass is 35.5. The molecule has 0 saturated carbocycles. The second-order valence-corrected chi connectivity index (χ2v) is 7.66. The van der Waals surface area contributed by atoms with Crippen molar-refractivity contribution in [1.29, 1.82) is 0 Å². The lowest BCUT2D eigenvalue weighted by Crippen LogP contribution is -2.39. The van der Waals surface area contributed by atoms with Crippen LogP contribution in [0.15, 0.2) is 12.1 Å². The molecule has 0 atom stereocenters. The van der Waals surface area contributed by atoms with Crippen molar-refractivity contribution in [3.8, 4) is 5.75 Å². The summed E-state index contributed by atoms with van der Waals surface area (Å²) in [6, 6.07) is 3.16. The molecule has 27 heavy (non-hydrogen) atoms. The van der Waals surface area contributed by atoms with Crippen LogP contribution in [-0.4, -0.2) is 44.1 Å². The van der Waals surface area contributed by atoms with Crippen molar-refractivity contribution in [2.75, 3.05) is 39.0 Å². The number of nitrogens with one attached hydrogen (secondary N) is 1. The first kappa shape index (κ1) is 26.1. The molecule has 0 spiro atoms. The monoisotopic (exact) mass is 439 g/mol. The molecular formula is C19H32Cl3N3O2. The van der Waals surface area contributed by atoms with Crippen LogP contribution in [0.1, 0.15) is 43.5 Å². The van der Waals surface area contributed by atoms with Gasteiger partial charge in [0.2, 0.25) is 0 Å². The number of rotatable bonds is 7. The van der Waals surface area contributed by atoms with Crippen LogP contribution in [0.2, 0.25) is 5.02 Å². The number of nitrogen functional groups attached to an aromatic ring is 1. The van der Waals surface area contributed by atoms with Gasteiger partial charge in [0.05, 0.1) is 23.4 Å². The first-order valence-corrected chi connectivity index (χ1v) is 9.42. The molecule has 1 aliphatic heterocycles. The van der Waals surface area contributed by atoms with Gasteiger partial charge in [-0.3, -0.25) is 4.79 Å². The number of likely N-dealkylation sites (tertiary alicyclic amines) is 1. The van der Waals surface area contributed by atoms with Crippen LogP contribution in [0.3, 0.4) is 0 Å². The molecule has 1 amide bonds. The molecule has 8 heteroatoms. The summed E-state index contributed by atoms with van der Waals surface area (Å²) in [7, 11) is 1.52. The smallest absolute Gasteiger partial charge is 0.255 e. The number of halogens is 3. The predicted octanol–water partition coefficient (Wildman–Crippen LogP) is 4.26. The van der Waals surface area contributed by atoms with Crippen molar-refractivity contribution >= 4 is 48.0 Å². The third-order valence-electron chi connectivity index (χ3n) is 4.84. The average molecular weight is 441 g/mol. The fourth-order valence-electron chi connectivity index (χ4n) is 3.10. The van der Waals surface area contributed by atoms with Crippen molar-refractivity contribution in [3.63, 3.8) is 0 Å². The van der Waals surface area contributed by atoms with Gasteiger partial charge in [-0.15, -0.1) is 24.8 Å². The molecule has 1 heterocycles. The highest BCUT2D eigenvalue weighted by Crippen LogP contribution is 2.29. The Kier molecular flexibility index (Phi) is 12.1. The van der Waals surface area contributed by atoms with Crippen LogP contribution in [0.25, 0.3) is 0 Å². The third kappa shape index (κ3) is 7.94. The molecule has 0 bridgehead atoms. The Hall–Kier alpha value is -0.880. The van der Waals surface area contributed by atoms with Gasteiger partial charge in [0.1, 0.15) is 5.75 Å². The van der Waals surface area contributed by atoms with E-state index in [4.69, 9.17) is 22.1 Å². The van der Waals surface area contributed by atoms with Crippen molar-refractivity contribution < 1.29 is 9.53 Å². The zero-order chi connectivity index (χ0) is 18.4. The first-order chi connectivity index (χ1) is 11.9. The molecule has 0 radical (unpaired) electrons. The minimum absolute atomic E-state index is 0. The Balaban J connectivity index is 0.00000338. The number of carbonyl (C=O) groups is 1. The normalized spacial score (nSPS) is 15.0. The van der Waals surface area contributed by atoms with Crippen LogP contribution in [0.4, 0.5) is 5.69 Å². The van der Waals surface area contributed by atoms with E-state index in [1.165, 1.54) is 20.1 Å². The minimum atomic E-state index is -0.166. The molecule has 0 aromatic heterocycles. The largest absolute Gasteiger partial charge is 0.496 e. The number of benzene rings is 1. The van der Waals surface area contributed by atoms with E-state index in [9.17, 15) is 4.79 Å². The van der Waals surface area contributed by atoms with Gasteiger partial charge in [-0.2, -0.15) is 0 Å². The Labute approximate surface area is 180 Å². The highest BCUT2D eigenvalue weighted by Gasteiger charge is 2.21. The Morgan fingerprint density at radius 3 is 2.52 bits per heavy atom. The van der Waals surface area contributed by atoms with E-state index >= 15 is 0 Å². The molecule has 3 N–H and O–H groups in total. The summed E-state index contributed by atoms with van der Waals surface area (Å²) in [5, 5.41) is 3.38. The Morgan fingerprint density at radius 1 is 1.33 bits per heavy atom. The fourth-order valence-corrected chi connectivity index (χ4v) is 3.27. The first-order valence-electron chi connectivity index (χ1n) is 9.04. The van der Waals surface area contributed by atoms with Gasteiger partial charge in [0.25, 0.3) is 5.91 Å². The zero-order valence-corrected chi connectivity index (χ0v) is 18.7. The fraction of sp³-hybridized carbons (Fsp3) is 0.632. The van der Waals surface area contributed by atoms with E-state index in [-0.39, 0.29) is 30.7 Å². The second-order valence-electron chi connectivity index (χ2n) is 7.25. The van der Waals surface area contributed by atoms with E-state index in [1.54, 1.807) is 12.1 Å². The maximum absolute atomic E-state index is 12.5. The molecular weight excluding hydrogens is 409 g/mol. The van der Waals surface area contributed by atoms with E-state index in [2.05, 4.69) is 24.1 Å². The molecule has 0 unspecified atom stereocenters.